The number of nitrogens with one attached hydrogen (secondary N) is 2. The number of methoxy groups -OCH3 is 1. The quantitative estimate of drug-likeness (QED) is 0.674. The van der Waals surface area contributed by atoms with E-state index in [1.54, 1.807) is 7.11 Å². The molecule has 0 amide bonds. The standard InChI is InChI=1S/C12H15N3O/c1-16-7-2-3-10-9(6-7)8-4-5-14-12(13)11(8)15-10/h2-3,6,12,14-15H,4-5,13H2,1H3. The Hall–Kier alpha value is -1.52. The Bertz CT molecular complexity index is 532. The maximum atomic E-state index is 6.01. The van der Waals surface area contributed by atoms with Crippen molar-refractivity contribution in [2.24, 2.45) is 5.73 Å². The maximum Gasteiger partial charge on any atom is 0.119 e. The van der Waals surface area contributed by atoms with Gasteiger partial charge in [0.2, 0.25) is 0 Å². The summed E-state index contributed by atoms with van der Waals surface area (Å²) < 4.78 is 5.25. The number of ether oxygens (including phenoxy) is 1. The van der Waals surface area contributed by atoms with E-state index < -0.39 is 0 Å². The topological polar surface area (TPSA) is 63.1 Å². The molecule has 84 valence electrons. The lowest BCUT2D eigenvalue weighted by Gasteiger charge is -2.20. The van der Waals surface area contributed by atoms with Gasteiger partial charge in [-0.3, -0.25) is 5.32 Å². The molecule has 1 aliphatic rings. The van der Waals surface area contributed by atoms with Gasteiger partial charge >= 0.3 is 0 Å². The number of hydrogen-bond donors (Lipinski definition) is 3. The van der Waals surface area contributed by atoms with Crippen LogP contribution in [-0.4, -0.2) is 18.6 Å². The van der Waals surface area contributed by atoms with Crippen LogP contribution in [0.2, 0.25) is 0 Å². The van der Waals surface area contributed by atoms with Crippen molar-refractivity contribution in [3.05, 3.63) is 29.5 Å². The number of aromatic amines is 1. The molecule has 1 aromatic heterocycles. The van der Waals surface area contributed by atoms with Crippen LogP contribution in [0.5, 0.6) is 5.75 Å². The Kier molecular flexibility index (Phi) is 2.12. The molecule has 2 aromatic rings. The normalized spacial score (nSPS) is 19.8. The van der Waals surface area contributed by atoms with Crippen molar-refractivity contribution in [3.63, 3.8) is 0 Å². The maximum absolute atomic E-state index is 6.01. The molecule has 2 heterocycles. The first-order valence-electron chi connectivity index (χ1n) is 5.47. The Morgan fingerprint density at radius 2 is 2.31 bits per heavy atom. The fourth-order valence-electron chi connectivity index (χ4n) is 2.36. The summed E-state index contributed by atoms with van der Waals surface area (Å²) in [7, 11) is 1.69. The third-order valence-electron chi connectivity index (χ3n) is 3.20. The molecule has 0 aliphatic carbocycles. The summed E-state index contributed by atoms with van der Waals surface area (Å²) in [4.78, 5) is 3.37. The number of hydrogen-bond acceptors (Lipinski definition) is 3. The van der Waals surface area contributed by atoms with Gasteiger partial charge in [-0.2, -0.15) is 0 Å². The van der Waals surface area contributed by atoms with Crippen molar-refractivity contribution in [2.45, 2.75) is 12.6 Å². The molecule has 1 atom stereocenters. The highest BCUT2D eigenvalue weighted by Crippen LogP contribution is 2.30. The van der Waals surface area contributed by atoms with E-state index in [0.29, 0.717) is 0 Å². The Balaban J connectivity index is 2.25. The second kappa shape index (κ2) is 3.50. The second-order valence-electron chi connectivity index (χ2n) is 4.11. The van der Waals surface area contributed by atoms with E-state index in [0.717, 1.165) is 29.9 Å². The van der Waals surface area contributed by atoms with E-state index >= 15 is 0 Å². The van der Waals surface area contributed by atoms with Gasteiger partial charge in [0.05, 0.1) is 19.0 Å². The van der Waals surface area contributed by atoms with E-state index in [1.165, 1.54) is 10.9 Å². The van der Waals surface area contributed by atoms with Crippen LogP contribution in [0.1, 0.15) is 17.4 Å². The minimum absolute atomic E-state index is 0.0813. The van der Waals surface area contributed by atoms with Crippen LogP contribution < -0.4 is 15.8 Å². The Morgan fingerprint density at radius 3 is 3.12 bits per heavy atom. The smallest absolute Gasteiger partial charge is 0.119 e. The molecule has 0 saturated carbocycles. The first-order valence-corrected chi connectivity index (χ1v) is 5.47. The van der Waals surface area contributed by atoms with E-state index in [-0.39, 0.29) is 6.17 Å². The molecule has 3 rings (SSSR count). The summed E-state index contributed by atoms with van der Waals surface area (Å²) in [5, 5.41) is 4.47. The van der Waals surface area contributed by atoms with Crippen LogP contribution in [-0.2, 0) is 6.42 Å². The van der Waals surface area contributed by atoms with Crippen molar-refractivity contribution < 1.29 is 4.74 Å². The number of aromatic nitrogens is 1. The molecular weight excluding hydrogens is 202 g/mol. The summed E-state index contributed by atoms with van der Waals surface area (Å²) >= 11 is 0. The monoisotopic (exact) mass is 217 g/mol. The zero-order valence-corrected chi connectivity index (χ0v) is 9.21. The SMILES string of the molecule is COc1ccc2[nH]c3c(c2c1)CCNC3N. The number of nitrogens with two attached hydrogens (primary N) is 1. The van der Waals surface area contributed by atoms with Crippen LogP contribution in [0, 0.1) is 0 Å². The summed E-state index contributed by atoms with van der Waals surface area (Å²) in [6.45, 7) is 0.929. The summed E-state index contributed by atoms with van der Waals surface area (Å²) in [5.74, 6) is 0.890. The van der Waals surface area contributed by atoms with E-state index in [2.05, 4.69) is 16.4 Å². The minimum Gasteiger partial charge on any atom is -0.497 e. The van der Waals surface area contributed by atoms with E-state index in [4.69, 9.17) is 10.5 Å². The van der Waals surface area contributed by atoms with Gasteiger partial charge in [-0.25, -0.2) is 0 Å². The van der Waals surface area contributed by atoms with Gasteiger partial charge in [0.1, 0.15) is 5.75 Å². The number of fused-ring (bicyclic) bond motifs is 3. The number of H-pyrrole nitrogens is 1. The highest BCUT2D eigenvalue weighted by atomic mass is 16.5. The predicted molar refractivity (Wildman–Crippen MR) is 63.5 cm³/mol. The average molecular weight is 217 g/mol. The first kappa shape index (κ1) is 9.69. The molecule has 0 bridgehead atoms. The zero-order valence-electron chi connectivity index (χ0n) is 9.21. The lowest BCUT2D eigenvalue weighted by Crippen LogP contribution is -2.35. The summed E-state index contributed by atoms with van der Waals surface area (Å²) in [6.07, 6.45) is 0.929. The van der Waals surface area contributed by atoms with Gasteiger partial charge < -0.3 is 15.5 Å². The Morgan fingerprint density at radius 1 is 1.44 bits per heavy atom. The van der Waals surface area contributed by atoms with Crippen molar-refractivity contribution >= 4 is 10.9 Å². The van der Waals surface area contributed by atoms with Gasteiger partial charge in [-0.1, -0.05) is 0 Å². The highest BCUT2D eigenvalue weighted by molar-refractivity contribution is 5.86. The minimum atomic E-state index is -0.0813. The van der Waals surface area contributed by atoms with E-state index in [1.807, 2.05) is 12.1 Å². The predicted octanol–water partition coefficient (Wildman–Crippen LogP) is 1.28. The highest BCUT2D eigenvalue weighted by Gasteiger charge is 2.20. The zero-order chi connectivity index (χ0) is 11.1. The molecule has 0 spiro atoms. The fourth-order valence-corrected chi connectivity index (χ4v) is 2.36. The van der Waals surface area contributed by atoms with Crippen LogP contribution in [0.4, 0.5) is 0 Å². The van der Waals surface area contributed by atoms with Crippen molar-refractivity contribution in [2.75, 3.05) is 13.7 Å². The lowest BCUT2D eigenvalue weighted by atomic mass is 10.0. The molecule has 0 radical (unpaired) electrons. The largest absolute Gasteiger partial charge is 0.497 e. The van der Waals surface area contributed by atoms with Gasteiger partial charge in [0.25, 0.3) is 0 Å². The van der Waals surface area contributed by atoms with Crippen molar-refractivity contribution in [3.8, 4) is 5.75 Å². The lowest BCUT2D eigenvalue weighted by molar-refractivity contribution is 0.415. The molecule has 4 heteroatoms. The molecular formula is C12H15N3O. The average Bonchev–Trinajstić information content (AvgIpc) is 2.68. The van der Waals surface area contributed by atoms with Crippen LogP contribution in [0.25, 0.3) is 10.9 Å². The number of benzene rings is 1. The fraction of sp³-hybridized carbons (Fsp3) is 0.333. The van der Waals surface area contributed by atoms with Gasteiger partial charge in [-0.05, 0) is 30.2 Å². The molecule has 1 unspecified atom stereocenters. The van der Waals surface area contributed by atoms with Crippen LogP contribution in [0.3, 0.4) is 0 Å². The third-order valence-corrected chi connectivity index (χ3v) is 3.20. The van der Waals surface area contributed by atoms with Crippen LogP contribution in [0.15, 0.2) is 18.2 Å². The van der Waals surface area contributed by atoms with Gasteiger partial charge in [0.15, 0.2) is 0 Å². The molecule has 1 aromatic carbocycles. The summed E-state index contributed by atoms with van der Waals surface area (Å²) in [5.41, 5.74) is 9.56. The van der Waals surface area contributed by atoms with Gasteiger partial charge in [0, 0.05) is 17.4 Å². The molecule has 0 fully saturated rings. The molecule has 4 N–H and O–H groups in total. The first-order chi connectivity index (χ1) is 7.79. The molecule has 0 saturated heterocycles. The van der Waals surface area contributed by atoms with Gasteiger partial charge in [-0.15, -0.1) is 0 Å². The molecule has 4 nitrogen and oxygen atoms in total. The van der Waals surface area contributed by atoms with Crippen molar-refractivity contribution in [1.29, 1.82) is 0 Å². The second-order valence-corrected chi connectivity index (χ2v) is 4.11. The van der Waals surface area contributed by atoms with Crippen molar-refractivity contribution in [1.82, 2.24) is 10.3 Å². The molecule has 1 aliphatic heterocycles. The Labute approximate surface area is 93.8 Å². The van der Waals surface area contributed by atoms with E-state index in [9.17, 15) is 0 Å². The molecule has 16 heavy (non-hydrogen) atoms. The summed E-state index contributed by atoms with van der Waals surface area (Å²) in [6, 6.07) is 6.07. The number of rotatable bonds is 1. The third kappa shape index (κ3) is 1.31. The van der Waals surface area contributed by atoms with Crippen LogP contribution >= 0.6 is 0 Å².